The van der Waals surface area contributed by atoms with Gasteiger partial charge in [-0.25, -0.2) is 0 Å². The first kappa shape index (κ1) is 13.9. The molecule has 0 radical (unpaired) electrons. The third-order valence-corrected chi connectivity index (χ3v) is 3.85. The summed E-state index contributed by atoms with van der Waals surface area (Å²) < 4.78 is 0. The number of rotatable bonds is 4. The summed E-state index contributed by atoms with van der Waals surface area (Å²) in [5.74, 6) is 0.840. The minimum atomic E-state index is -0.881. The van der Waals surface area contributed by atoms with Gasteiger partial charge in [0.15, 0.2) is 0 Å². The number of carboxylic acids is 1. The zero-order valence-electron chi connectivity index (χ0n) is 10.4. The standard InChI is InChI=1S/C13H16N2O3S/c16-12(17)7-9-2-1-3-10(6-9)15-13(18)11-8-19-5-4-14-11/h1-3,6,11,14H,4-5,7-8H2,(H,15,18)(H,16,17). The van der Waals surface area contributed by atoms with Crippen LogP contribution in [0.15, 0.2) is 24.3 Å². The topological polar surface area (TPSA) is 78.4 Å². The molecule has 0 aliphatic carbocycles. The summed E-state index contributed by atoms with van der Waals surface area (Å²) in [5.41, 5.74) is 1.32. The predicted octanol–water partition coefficient (Wildman–Crippen LogP) is 0.957. The van der Waals surface area contributed by atoms with E-state index in [0.29, 0.717) is 11.3 Å². The summed E-state index contributed by atoms with van der Waals surface area (Å²) in [7, 11) is 0. The molecule has 1 saturated heterocycles. The zero-order valence-corrected chi connectivity index (χ0v) is 11.2. The third kappa shape index (κ3) is 4.25. The number of hydrogen-bond acceptors (Lipinski definition) is 4. The van der Waals surface area contributed by atoms with E-state index in [1.807, 2.05) is 0 Å². The van der Waals surface area contributed by atoms with E-state index >= 15 is 0 Å². The first-order valence-electron chi connectivity index (χ1n) is 6.08. The number of carbonyl (C=O) groups excluding carboxylic acids is 1. The molecule has 1 amide bonds. The van der Waals surface area contributed by atoms with Gasteiger partial charge in [-0.1, -0.05) is 12.1 Å². The monoisotopic (exact) mass is 280 g/mol. The van der Waals surface area contributed by atoms with Crippen LogP contribution in [0.5, 0.6) is 0 Å². The minimum absolute atomic E-state index is 0.0404. The van der Waals surface area contributed by atoms with Crippen molar-refractivity contribution in [1.29, 1.82) is 0 Å². The Bertz CT molecular complexity index is 473. The average molecular weight is 280 g/mol. The van der Waals surface area contributed by atoms with E-state index in [0.717, 1.165) is 18.1 Å². The summed E-state index contributed by atoms with van der Waals surface area (Å²) in [5, 5.41) is 14.7. The molecule has 0 aromatic heterocycles. The summed E-state index contributed by atoms with van der Waals surface area (Å²) in [6.45, 7) is 0.835. The Morgan fingerprint density at radius 3 is 3.00 bits per heavy atom. The van der Waals surface area contributed by atoms with E-state index in [2.05, 4.69) is 10.6 Å². The van der Waals surface area contributed by atoms with E-state index in [-0.39, 0.29) is 18.4 Å². The molecule has 1 aliphatic heterocycles. The van der Waals surface area contributed by atoms with Gasteiger partial charge < -0.3 is 15.7 Å². The second-order valence-corrected chi connectivity index (χ2v) is 5.49. The van der Waals surface area contributed by atoms with Gasteiger partial charge in [-0.3, -0.25) is 9.59 Å². The van der Waals surface area contributed by atoms with Gasteiger partial charge in [-0.2, -0.15) is 11.8 Å². The lowest BCUT2D eigenvalue weighted by atomic mass is 10.1. The molecule has 0 saturated carbocycles. The molecule has 1 heterocycles. The van der Waals surface area contributed by atoms with Crippen molar-refractivity contribution in [1.82, 2.24) is 5.32 Å². The summed E-state index contributed by atoms with van der Waals surface area (Å²) in [6, 6.07) is 6.76. The van der Waals surface area contributed by atoms with Crippen LogP contribution in [0, 0.1) is 0 Å². The number of carboxylic acid groups (broad SMARTS) is 1. The fourth-order valence-corrected chi connectivity index (χ4v) is 2.83. The Labute approximate surface area is 115 Å². The lowest BCUT2D eigenvalue weighted by Crippen LogP contribution is -2.46. The smallest absolute Gasteiger partial charge is 0.307 e. The number of benzene rings is 1. The molecule has 1 aliphatic rings. The van der Waals surface area contributed by atoms with Gasteiger partial charge in [0, 0.05) is 23.7 Å². The number of hydrogen-bond donors (Lipinski definition) is 3. The molecule has 3 N–H and O–H groups in total. The first-order chi connectivity index (χ1) is 9.15. The van der Waals surface area contributed by atoms with Crippen LogP contribution in [0.25, 0.3) is 0 Å². The largest absolute Gasteiger partial charge is 0.481 e. The molecule has 0 bridgehead atoms. The van der Waals surface area contributed by atoms with Crippen molar-refractivity contribution in [2.75, 3.05) is 23.4 Å². The highest BCUT2D eigenvalue weighted by atomic mass is 32.2. The Hall–Kier alpha value is -1.53. The molecule has 102 valence electrons. The molecule has 5 nitrogen and oxygen atoms in total. The maximum absolute atomic E-state index is 12.0. The predicted molar refractivity (Wildman–Crippen MR) is 75.5 cm³/mol. The fraction of sp³-hybridized carbons (Fsp3) is 0.385. The molecule has 0 spiro atoms. The van der Waals surface area contributed by atoms with Crippen molar-refractivity contribution in [2.45, 2.75) is 12.5 Å². The van der Waals surface area contributed by atoms with E-state index in [4.69, 9.17) is 5.11 Å². The highest BCUT2D eigenvalue weighted by Gasteiger charge is 2.20. The third-order valence-electron chi connectivity index (χ3n) is 2.79. The maximum Gasteiger partial charge on any atom is 0.307 e. The van der Waals surface area contributed by atoms with Gasteiger partial charge in [0.25, 0.3) is 0 Å². The van der Waals surface area contributed by atoms with Gasteiger partial charge >= 0.3 is 5.97 Å². The summed E-state index contributed by atoms with van der Waals surface area (Å²) in [6.07, 6.45) is -0.0404. The minimum Gasteiger partial charge on any atom is -0.481 e. The van der Waals surface area contributed by atoms with Crippen molar-refractivity contribution >= 4 is 29.3 Å². The molecule has 1 aromatic rings. The normalized spacial score (nSPS) is 18.8. The van der Waals surface area contributed by atoms with Crippen LogP contribution in [-0.4, -0.2) is 41.1 Å². The number of anilines is 1. The van der Waals surface area contributed by atoms with Crippen LogP contribution in [0.1, 0.15) is 5.56 Å². The Morgan fingerprint density at radius 1 is 1.47 bits per heavy atom. The SMILES string of the molecule is O=C(O)Cc1cccc(NC(=O)C2CSCCN2)c1. The number of carbonyl (C=O) groups is 2. The van der Waals surface area contributed by atoms with Crippen molar-refractivity contribution in [3.05, 3.63) is 29.8 Å². The quantitative estimate of drug-likeness (QED) is 0.765. The van der Waals surface area contributed by atoms with Crippen LogP contribution in [0.3, 0.4) is 0 Å². The average Bonchev–Trinajstić information content (AvgIpc) is 2.39. The molecule has 2 rings (SSSR count). The van der Waals surface area contributed by atoms with Gasteiger partial charge in [-0.05, 0) is 17.7 Å². The highest BCUT2D eigenvalue weighted by molar-refractivity contribution is 7.99. The van der Waals surface area contributed by atoms with Crippen LogP contribution in [-0.2, 0) is 16.0 Å². The second kappa shape index (κ2) is 6.58. The lowest BCUT2D eigenvalue weighted by Gasteiger charge is -2.22. The van der Waals surface area contributed by atoms with Crippen molar-refractivity contribution < 1.29 is 14.7 Å². The van der Waals surface area contributed by atoms with Crippen LogP contribution in [0.2, 0.25) is 0 Å². The summed E-state index contributed by atoms with van der Waals surface area (Å²) in [4.78, 5) is 22.6. The van der Waals surface area contributed by atoms with Crippen molar-refractivity contribution in [3.8, 4) is 0 Å². The fourth-order valence-electron chi connectivity index (χ4n) is 1.90. The first-order valence-corrected chi connectivity index (χ1v) is 7.23. The van der Waals surface area contributed by atoms with E-state index in [1.54, 1.807) is 36.0 Å². The van der Waals surface area contributed by atoms with Crippen molar-refractivity contribution in [3.63, 3.8) is 0 Å². The number of aliphatic carboxylic acids is 1. The molecule has 1 unspecified atom stereocenters. The molecule has 1 atom stereocenters. The van der Waals surface area contributed by atoms with E-state index < -0.39 is 5.97 Å². The maximum atomic E-state index is 12.0. The van der Waals surface area contributed by atoms with E-state index in [9.17, 15) is 9.59 Å². The van der Waals surface area contributed by atoms with Gasteiger partial charge in [-0.15, -0.1) is 0 Å². The van der Waals surface area contributed by atoms with Gasteiger partial charge in [0.05, 0.1) is 12.5 Å². The molecular weight excluding hydrogens is 264 g/mol. The lowest BCUT2D eigenvalue weighted by molar-refractivity contribution is -0.136. The number of amides is 1. The Morgan fingerprint density at radius 2 is 2.32 bits per heavy atom. The second-order valence-electron chi connectivity index (χ2n) is 4.34. The van der Waals surface area contributed by atoms with Crippen LogP contribution in [0.4, 0.5) is 5.69 Å². The molecule has 19 heavy (non-hydrogen) atoms. The van der Waals surface area contributed by atoms with E-state index in [1.165, 1.54) is 0 Å². The highest BCUT2D eigenvalue weighted by Crippen LogP contribution is 2.14. The van der Waals surface area contributed by atoms with Crippen LogP contribution < -0.4 is 10.6 Å². The number of thioether (sulfide) groups is 1. The van der Waals surface area contributed by atoms with Crippen LogP contribution >= 0.6 is 11.8 Å². The molecular formula is C13H16N2O3S. The number of nitrogens with one attached hydrogen (secondary N) is 2. The van der Waals surface area contributed by atoms with Gasteiger partial charge in [0.1, 0.15) is 0 Å². The zero-order chi connectivity index (χ0) is 13.7. The molecule has 1 aromatic carbocycles. The Balaban J connectivity index is 1.97. The molecule has 1 fully saturated rings. The van der Waals surface area contributed by atoms with Gasteiger partial charge in [0.2, 0.25) is 5.91 Å². The molecule has 6 heteroatoms. The van der Waals surface area contributed by atoms with Crippen molar-refractivity contribution in [2.24, 2.45) is 0 Å². The summed E-state index contributed by atoms with van der Waals surface area (Å²) >= 11 is 1.75. The Kier molecular flexibility index (Phi) is 4.81.